The van der Waals surface area contributed by atoms with Crippen LogP contribution in [-0.4, -0.2) is 41.9 Å². The summed E-state index contributed by atoms with van der Waals surface area (Å²) >= 11 is 0. The number of pyridine rings is 1. The molecule has 0 N–H and O–H groups in total. The van der Waals surface area contributed by atoms with Gasteiger partial charge in [-0.2, -0.15) is 9.97 Å². The number of hydrogen-bond donors (Lipinski definition) is 0. The molecule has 2 aromatic heterocycles. The van der Waals surface area contributed by atoms with Crippen LogP contribution in [0.4, 0.5) is 4.79 Å². The number of rotatable bonds is 6. The predicted octanol–water partition coefficient (Wildman–Crippen LogP) is 2.22. The average molecular weight is 321 g/mol. The average Bonchev–Trinajstić information content (AvgIpc) is 2.56. The zero-order valence-corrected chi connectivity index (χ0v) is 12.8. The van der Waals surface area contributed by atoms with E-state index in [1.807, 2.05) is 0 Å². The third kappa shape index (κ3) is 4.43. The highest BCUT2D eigenvalue weighted by atomic mass is 16.7. The van der Waals surface area contributed by atoms with Gasteiger partial charge in [0.15, 0.2) is 5.75 Å². The minimum atomic E-state index is -0.889. The van der Waals surface area contributed by atoms with Crippen LogP contribution in [0.5, 0.6) is 29.4 Å². The number of carbonyl (C=O) groups is 1. The van der Waals surface area contributed by atoms with Gasteiger partial charge in [0.25, 0.3) is 5.88 Å². The first-order valence-electron chi connectivity index (χ1n) is 6.60. The molecule has 0 amide bonds. The van der Waals surface area contributed by atoms with Crippen molar-refractivity contribution in [2.45, 2.75) is 6.92 Å². The third-order valence-electron chi connectivity index (χ3n) is 2.46. The number of methoxy groups -OCH3 is 2. The van der Waals surface area contributed by atoms with E-state index in [1.54, 1.807) is 13.0 Å². The molecule has 23 heavy (non-hydrogen) atoms. The van der Waals surface area contributed by atoms with Gasteiger partial charge in [-0.05, 0) is 19.1 Å². The number of nitrogens with zero attached hydrogens (tertiary/aromatic N) is 3. The molecular weight excluding hydrogens is 306 g/mol. The van der Waals surface area contributed by atoms with E-state index in [2.05, 4.69) is 15.0 Å². The fourth-order valence-corrected chi connectivity index (χ4v) is 1.49. The third-order valence-corrected chi connectivity index (χ3v) is 2.46. The van der Waals surface area contributed by atoms with Crippen LogP contribution < -0.4 is 18.9 Å². The van der Waals surface area contributed by atoms with E-state index < -0.39 is 6.16 Å². The maximum Gasteiger partial charge on any atom is 0.515 e. The molecule has 9 nitrogen and oxygen atoms in total. The maximum atomic E-state index is 11.4. The van der Waals surface area contributed by atoms with Crippen LogP contribution in [0, 0.1) is 0 Å². The van der Waals surface area contributed by atoms with Crippen molar-refractivity contribution in [3.63, 3.8) is 0 Å². The molecule has 0 aliphatic carbocycles. The molecule has 2 aromatic rings. The van der Waals surface area contributed by atoms with Gasteiger partial charge in [0.2, 0.25) is 11.8 Å². The van der Waals surface area contributed by atoms with E-state index in [0.29, 0.717) is 0 Å². The zero-order valence-electron chi connectivity index (χ0n) is 12.8. The van der Waals surface area contributed by atoms with Crippen LogP contribution >= 0.6 is 0 Å². The number of carbonyl (C=O) groups excluding carboxylic acids is 1. The van der Waals surface area contributed by atoms with Crippen molar-refractivity contribution < 1.29 is 28.5 Å². The summed E-state index contributed by atoms with van der Waals surface area (Å²) in [6.45, 7) is 1.84. The Labute approximate surface area is 132 Å². The second kappa shape index (κ2) is 7.78. The Balaban J connectivity index is 2.24. The van der Waals surface area contributed by atoms with Crippen molar-refractivity contribution in [3.8, 4) is 29.4 Å². The van der Waals surface area contributed by atoms with Crippen molar-refractivity contribution >= 4 is 6.16 Å². The van der Waals surface area contributed by atoms with Crippen molar-refractivity contribution in [1.29, 1.82) is 0 Å². The minimum absolute atomic E-state index is 0.0529. The lowest BCUT2D eigenvalue weighted by Crippen LogP contribution is -2.11. The fraction of sp³-hybridized carbons (Fsp3) is 0.286. The Morgan fingerprint density at radius 3 is 2.48 bits per heavy atom. The molecule has 0 radical (unpaired) electrons. The summed E-state index contributed by atoms with van der Waals surface area (Å²) in [5.74, 6) is 0.569. The zero-order chi connectivity index (χ0) is 16.7. The first-order valence-corrected chi connectivity index (χ1v) is 6.60. The van der Waals surface area contributed by atoms with Gasteiger partial charge < -0.3 is 23.7 Å². The number of aromatic nitrogens is 3. The Morgan fingerprint density at radius 2 is 1.87 bits per heavy atom. The summed E-state index contributed by atoms with van der Waals surface area (Å²) < 4.78 is 25.2. The summed E-state index contributed by atoms with van der Waals surface area (Å²) in [7, 11) is 2.90. The summed E-state index contributed by atoms with van der Waals surface area (Å²) in [4.78, 5) is 23.4. The normalized spacial score (nSPS) is 9.87. The van der Waals surface area contributed by atoms with E-state index in [9.17, 15) is 4.79 Å². The molecule has 0 aliphatic rings. The quantitative estimate of drug-likeness (QED) is 0.741. The van der Waals surface area contributed by atoms with Gasteiger partial charge in [-0.3, -0.25) is 0 Å². The van der Waals surface area contributed by atoms with E-state index in [0.717, 1.165) is 0 Å². The lowest BCUT2D eigenvalue weighted by molar-refractivity contribution is 0.101. The second-order valence-corrected chi connectivity index (χ2v) is 3.93. The largest absolute Gasteiger partial charge is 0.515 e. The van der Waals surface area contributed by atoms with Crippen molar-refractivity contribution in [2.75, 3.05) is 20.8 Å². The monoisotopic (exact) mass is 321 g/mol. The Kier molecular flexibility index (Phi) is 5.50. The molecule has 0 atom stereocenters. The Bertz CT molecular complexity index is 657. The van der Waals surface area contributed by atoms with Crippen LogP contribution in [0.15, 0.2) is 24.4 Å². The molecule has 0 saturated heterocycles. The standard InChI is InChI=1S/C14H15N3O6/c1-4-21-14(18)23-12-9(6-5-7-15-12)22-13-16-10(19-2)8-11(17-13)20-3/h5-8H,4H2,1-3H3. The van der Waals surface area contributed by atoms with Crippen molar-refractivity contribution in [3.05, 3.63) is 24.4 Å². The van der Waals surface area contributed by atoms with Gasteiger partial charge in [-0.1, -0.05) is 0 Å². The fourth-order valence-electron chi connectivity index (χ4n) is 1.49. The molecule has 0 spiro atoms. The van der Waals surface area contributed by atoms with Crippen LogP contribution in [0.2, 0.25) is 0 Å². The maximum absolute atomic E-state index is 11.4. The van der Waals surface area contributed by atoms with Gasteiger partial charge in [0.05, 0.1) is 26.9 Å². The highest BCUT2D eigenvalue weighted by Gasteiger charge is 2.15. The van der Waals surface area contributed by atoms with Crippen LogP contribution in [0.3, 0.4) is 0 Å². The predicted molar refractivity (Wildman–Crippen MR) is 77.1 cm³/mol. The summed E-state index contributed by atoms with van der Waals surface area (Å²) in [5.41, 5.74) is 0. The first-order chi connectivity index (χ1) is 11.2. The van der Waals surface area contributed by atoms with Crippen molar-refractivity contribution in [2.24, 2.45) is 0 Å². The Hall–Kier alpha value is -3.10. The van der Waals surface area contributed by atoms with E-state index in [-0.39, 0.29) is 36.0 Å². The molecule has 0 aromatic carbocycles. The Morgan fingerprint density at radius 1 is 1.17 bits per heavy atom. The molecule has 0 fully saturated rings. The van der Waals surface area contributed by atoms with E-state index in [1.165, 1.54) is 32.5 Å². The SMILES string of the molecule is CCOC(=O)Oc1ncccc1Oc1nc(OC)cc(OC)n1. The topological polar surface area (TPSA) is 102 Å². The first kappa shape index (κ1) is 16.3. The lowest BCUT2D eigenvalue weighted by Gasteiger charge is -2.10. The van der Waals surface area contributed by atoms with Crippen LogP contribution in [0.1, 0.15) is 6.92 Å². The molecule has 0 bridgehead atoms. The molecule has 0 aliphatic heterocycles. The van der Waals surface area contributed by atoms with Crippen LogP contribution in [0.25, 0.3) is 0 Å². The van der Waals surface area contributed by atoms with Gasteiger partial charge in [-0.25, -0.2) is 9.78 Å². The molecule has 9 heteroatoms. The number of ether oxygens (including phenoxy) is 5. The summed E-state index contributed by atoms with van der Waals surface area (Å²) in [6.07, 6.45) is 0.550. The van der Waals surface area contributed by atoms with Crippen molar-refractivity contribution in [1.82, 2.24) is 15.0 Å². The molecule has 2 heterocycles. The molecule has 0 saturated carbocycles. The van der Waals surface area contributed by atoms with Gasteiger partial charge in [0.1, 0.15) is 0 Å². The van der Waals surface area contributed by atoms with Crippen LogP contribution in [-0.2, 0) is 4.74 Å². The van der Waals surface area contributed by atoms with Gasteiger partial charge in [-0.15, -0.1) is 0 Å². The number of hydrogen-bond acceptors (Lipinski definition) is 9. The molecular formula is C14H15N3O6. The molecule has 122 valence electrons. The highest BCUT2D eigenvalue weighted by molar-refractivity contribution is 5.64. The molecule has 0 unspecified atom stereocenters. The van der Waals surface area contributed by atoms with E-state index in [4.69, 9.17) is 23.7 Å². The highest BCUT2D eigenvalue weighted by Crippen LogP contribution is 2.29. The second-order valence-electron chi connectivity index (χ2n) is 3.93. The minimum Gasteiger partial charge on any atom is -0.481 e. The summed E-state index contributed by atoms with van der Waals surface area (Å²) in [5, 5.41) is 0. The van der Waals surface area contributed by atoms with Gasteiger partial charge >= 0.3 is 12.2 Å². The van der Waals surface area contributed by atoms with E-state index >= 15 is 0 Å². The smallest absolute Gasteiger partial charge is 0.481 e. The van der Waals surface area contributed by atoms with Gasteiger partial charge in [0, 0.05) is 6.20 Å². The lowest BCUT2D eigenvalue weighted by atomic mass is 10.4. The molecule has 2 rings (SSSR count). The summed E-state index contributed by atoms with van der Waals surface area (Å²) in [6, 6.07) is 4.58.